The van der Waals surface area contributed by atoms with Gasteiger partial charge in [-0.15, -0.1) is 16.3 Å². The van der Waals surface area contributed by atoms with Crippen molar-refractivity contribution in [1.29, 1.82) is 0 Å². The summed E-state index contributed by atoms with van der Waals surface area (Å²) >= 11 is 1.56. The minimum absolute atomic E-state index is 0.413. The highest BCUT2D eigenvalue weighted by Crippen LogP contribution is 2.19. The highest BCUT2D eigenvalue weighted by molar-refractivity contribution is 7.17. The lowest BCUT2D eigenvalue weighted by molar-refractivity contribution is 0.565. The van der Waals surface area contributed by atoms with Gasteiger partial charge in [-0.3, -0.25) is 4.40 Å². The molecular weight excluding hydrogens is 174 g/mol. The fourth-order valence-electron chi connectivity index (χ4n) is 0.999. The van der Waals surface area contributed by atoms with Gasteiger partial charge in [0.1, 0.15) is 0 Å². The molecule has 12 heavy (non-hydrogen) atoms. The van der Waals surface area contributed by atoms with Crippen LogP contribution in [0, 0.1) is 6.92 Å². The zero-order valence-corrected chi connectivity index (χ0v) is 7.13. The molecule has 5 heteroatoms. The van der Waals surface area contributed by atoms with Gasteiger partial charge >= 0.3 is 0 Å². The molecule has 2 aromatic rings. The molecule has 0 unspecified atom stereocenters. The van der Waals surface area contributed by atoms with Crippen molar-refractivity contribution in [3.8, 4) is 0 Å². The van der Waals surface area contributed by atoms with Crippen molar-refractivity contribution < 1.29 is 4.79 Å². The van der Waals surface area contributed by atoms with Crippen LogP contribution >= 0.6 is 11.3 Å². The Morgan fingerprint density at radius 3 is 3.17 bits per heavy atom. The maximum absolute atomic E-state index is 9.90. The number of nitrogens with zero attached hydrogens (tertiary/aromatic N) is 3. The average Bonchev–Trinajstić information content (AvgIpc) is 2.44. The minimum atomic E-state index is 0.413. The highest BCUT2D eigenvalue weighted by Gasteiger charge is 2.02. The summed E-state index contributed by atoms with van der Waals surface area (Å²) in [5.41, 5.74) is 0. The highest BCUT2D eigenvalue weighted by atomic mass is 32.1. The molecule has 0 aromatic carbocycles. The predicted octanol–water partition coefficient (Wildman–Crippen LogP) is 1.67. The summed E-state index contributed by atoms with van der Waals surface area (Å²) in [5, 5.41) is 0. The van der Waals surface area contributed by atoms with Gasteiger partial charge in [0.25, 0.3) is 0 Å². The van der Waals surface area contributed by atoms with E-state index >= 15 is 0 Å². The van der Waals surface area contributed by atoms with E-state index < -0.39 is 0 Å². The van der Waals surface area contributed by atoms with Gasteiger partial charge in [-0.25, -0.2) is 4.79 Å². The normalized spacial score (nSPS) is 10.1. The zero-order chi connectivity index (χ0) is 8.55. The molecule has 0 spiro atoms. The number of hydrogen-bond donors (Lipinski definition) is 0. The predicted molar refractivity (Wildman–Crippen MR) is 45.6 cm³/mol. The smallest absolute Gasteiger partial charge is 0.242 e. The van der Waals surface area contributed by atoms with Crippen molar-refractivity contribution in [2.75, 3.05) is 0 Å². The summed E-state index contributed by atoms with van der Waals surface area (Å²) < 4.78 is 1.84. The van der Waals surface area contributed by atoms with E-state index in [4.69, 9.17) is 0 Å². The van der Waals surface area contributed by atoms with Crippen LogP contribution in [0.25, 0.3) is 4.96 Å². The lowest BCUT2D eigenvalue weighted by atomic mass is 10.6. The Bertz CT molecular complexity index is 432. The number of aliphatic imine (C=N–C) groups is 1. The number of hydrogen-bond acceptors (Lipinski definition) is 4. The second-order valence-electron chi connectivity index (χ2n) is 2.33. The van der Waals surface area contributed by atoms with E-state index in [9.17, 15) is 4.79 Å². The number of rotatable bonds is 1. The summed E-state index contributed by atoms with van der Waals surface area (Å²) in [4.78, 5) is 19.4. The molecule has 0 fully saturated rings. The van der Waals surface area contributed by atoms with Crippen LogP contribution in [0.3, 0.4) is 0 Å². The minimum Gasteiger partial charge on any atom is -0.295 e. The Morgan fingerprint density at radius 1 is 1.67 bits per heavy atom. The van der Waals surface area contributed by atoms with Crippen molar-refractivity contribution in [1.82, 2.24) is 9.38 Å². The number of imidazole rings is 1. The first kappa shape index (κ1) is 7.21. The summed E-state index contributed by atoms with van der Waals surface area (Å²) in [5.74, 6) is 0.413. The molecule has 0 saturated carbocycles. The molecular formula is C7H5N3OS. The van der Waals surface area contributed by atoms with E-state index in [2.05, 4.69) is 9.98 Å². The Hall–Kier alpha value is -1.45. The van der Waals surface area contributed by atoms with Crippen LogP contribution in [0.15, 0.2) is 17.4 Å². The summed E-state index contributed by atoms with van der Waals surface area (Å²) in [6.45, 7) is 2.00. The first-order valence-corrected chi connectivity index (χ1v) is 4.14. The fraction of sp³-hybridized carbons (Fsp3) is 0.143. The maximum Gasteiger partial charge on any atom is 0.242 e. The molecule has 0 N–H and O–H groups in total. The lowest BCUT2D eigenvalue weighted by Gasteiger charge is -1.75. The molecule has 0 amide bonds. The molecule has 0 aliphatic carbocycles. The second-order valence-corrected chi connectivity index (χ2v) is 3.55. The van der Waals surface area contributed by atoms with Crippen LogP contribution in [-0.4, -0.2) is 15.5 Å². The number of aromatic nitrogens is 2. The van der Waals surface area contributed by atoms with E-state index in [0.29, 0.717) is 5.82 Å². The Labute approximate surface area is 72.2 Å². The number of fused-ring (bicyclic) bond motifs is 1. The number of aryl methyl sites for hydroxylation is 1. The summed E-state index contributed by atoms with van der Waals surface area (Å²) in [6.07, 6.45) is 5.09. The standard InChI is InChI=1S/C7H5N3OS/c1-5-2-10-3-6(8-4-11)9-7(10)12-5/h2-3H,1H3. The molecule has 2 heterocycles. The molecule has 4 nitrogen and oxygen atoms in total. The Kier molecular flexibility index (Phi) is 1.53. The van der Waals surface area contributed by atoms with E-state index in [1.165, 1.54) is 11.0 Å². The van der Waals surface area contributed by atoms with Gasteiger partial charge in [0.05, 0.1) is 6.20 Å². The number of carbonyl (C=O) groups excluding carboxylic acids is 1. The molecule has 2 rings (SSSR count). The van der Waals surface area contributed by atoms with Gasteiger partial charge in [0.15, 0.2) is 10.8 Å². The van der Waals surface area contributed by atoms with Crippen molar-refractivity contribution in [3.05, 3.63) is 17.3 Å². The van der Waals surface area contributed by atoms with Gasteiger partial charge in [0.2, 0.25) is 6.08 Å². The van der Waals surface area contributed by atoms with E-state index in [1.54, 1.807) is 17.5 Å². The van der Waals surface area contributed by atoms with Crippen LogP contribution in [0.5, 0.6) is 0 Å². The molecule has 0 aliphatic heterocycles. The van der Waals surface area contributed by atoms with Gasteiger partial charge in [0, 0.05) is 11.1 Å². The van der Waals surface area contributed by atoms with E-state index in [1.807, 2.05) is 17.5 Å². The SMILES string of the molecule is Cc1cn2cc(N=C=O)nc2s1. The molecule has 2 aromatic heterocycles. The van der Waals surface area contributed by atoms with Gasteiger partial charge < -0.3 is 0 Å². The van der Waals surface area contributed by atoms with Crippen molar-refractivity contribution in [3.63, 3.8) is 0 Å². The third kappa shape index (κ3) is 1.05. The van der Waals surface area contributed by atoms with Gasteiger partial charge in [-0.2, -0.15) is 4.98 Å². The number of isocyanates is 1. The van der Waals surface area contributed by atoms with Crippen molar-refractivity contribution >= 4 is 28.2 Å². The van der Waals surface area contributed by atoms with Crippen molar-refractivity contribution in [2.45, 2.75) is 6.92 Å². The summed E-state index contributed by atoms with van der Waals surface area (Å²) in [7, 11) is 0. The topological polar surface area (TPSA) is 46.7 Å². The van der Waals surface area contributed by atoms with Crippen LogP contribution in [0.1, 0.15) is 4.88 Å². The quantitative estimate of drug-likeness (QED) is 0.493. The summed E-state index contributed by atoms with van der Waals surface area (Å²) in [6, 6.07) is 0. The molecule has 0 saturated heterocycles. The third-order valence-electron chi connectivity index (χ3n) is 1.42. The molecule has 0 atom stereocenters. The monoisotopic (exact) mass is 179 g/mol. The van der Waals surface area contributed by atoms with Gasteiger partial charge in [-0.1, -0.05) is 0 Å². The molecule has 0 bridgehead atoms. The number of thiazole rings is 1. The first-order chi connectivity index (χ1) is 5.79. The Balaban J connectivity index is 2.64. The molecule has 60 valence electrons. The van der Waals surface area contributed by atoms with E-state index in [-0.39, 0.29) is 0 Å². The lowest BCUT2D eigenvalue weighted by Crippen LogP contribution is -1.67. The first-order valence-electron chi connectivity index (χ1n) is 3.32. The van der Waals surface area contributed by atoms with Crippen LogP contribution in [-0.2, 0) is 4.79 Å². The Morgan fingerprint density at radius 2 is 2.50 bits per heavy atom. The van der Waals surface area contributed by atoms with E-state index in [0.717, 1.165) is 4.96 Å². The van der Waals surface area contributed by atoms with Crippen LogP contribution in [0.2, 0.25) is 0 Å². The van der Waals surface area contributed by atoms with Crippen LogP contribution in [0.4, 0.5) is 5.82 Å². The third-order valence-corrected chi connectivity index (χ3v) is 2.33. The fourth-order valence-corrected chi connectivity index (χ4v) is 1.80. The maximum atomic E-state index is 9.90. The largest absolute Gasteiger partial charge is 0.295 e. The average molecular weight is 179 g/mol. The zero-order valence-electron chi connectivity index (χ0n) is 6.31. The second kappa shape index (κ2) is 2.55. The molecule has 0 aliphatic rings. The van der Waals surface area contributed by atoms with Crippen molar-refractivity contribution in [2.24, 2.45) is 4.99 Å². The molecule has 0 radical (unpaired) electrons. The van der Waals surface area contributed by atoms with Crippen LogP contribution < -0.4 is 0 Å². The van der Waals surface area contributed by atoms with Gasteiger partial charge in [-0.05, 0) is 6.92 Å².